The zero-order chi connectivity index (χ0) is 7.84. The van der Waals surface area contributed by atoms with Gasteiger partial charge in [-0.25, -0.2) is 0 Å². The Hall–Kier alpha value is -0.420. The molecule has 3 nitrogen and oxygen atoms in total. The predicted molar refractivity (Wildman–Crippen MR) is 49.3 cm³/mol. The lowest BCUT2D eigenvalue weighted by Gasteiger charge is -1.91. The van der Waals surface area contributed by atoms with E-state index >= 15 is 0 Å². The normalized spacial score (nSPS) is 10.7. The molecule has 2 rings (SSSR count). The Labute approximate surface area is 79.4 Å². The highest BCUT2D eigenvalue weighted by Gasteiger charge is 2.02. The topological polar surface area (TPSA) is 41.6 Å². The SMILES string of the molecule is Brc1cc(Br)c2nn[nH]c2c1. The number of halogens is 2. The van der Waals surface area contributed by atoms with Crippen LogP contribution < -0.4 is 0 Å². The van der Waals surface area contributed by atoms with Crippen LogP contribution in [0.15, 0.2) is 21.1 Å². The molecule has 0 saturated carbocycles. The average molecular weight is 277 g/mol. The van der Waals surface area contributed by atoms with Crippen molar-refractivity contribution in [1.29, 1.82) is 0 Å². The summed E-state index contributed by atoms with van der Waals surface area (Å²) in [7, 11) is 0. The van der Waals surface area contributed by atoms with Gasteiger partial charge in [0.1, 0.15) is 5.52 Å². The van der Waals surface area contributed by atoms with Crippen molar-refractivity contribution in [3.05, 3.63) is 21.1 Å². The van der Waals surface area contributed by atoms with Crippen molar-refractivity contribution in [2.45, 2.75) is 0 Å². The van der Waals surface area contributed by atoms with Crippen LogP contribution in [0.5, 0.6) is 0 Å². The van der Waals surface area contributed by atoms with Gasteiger partial charge in [0.05, 0.1) is 5.52 Å². The van der Waals surface area contributed by atoms with Crippen LogP contribution in [0, 0.1) is 0 Å². The molecule has 1 aromatic heterocycles. The minimum Gasteiger partial charge on any atom is -0.257 e. The highest BCUT2D eigenvalue weighted by molar-refractivity contribution is 9.11. The van der Waals surface area contributed by atoms with Crippen molar-refractivity contribution in [2.24, 2.45) is 0 Å². The van der Waals surface area contributed by atoms with Crippen LogP contribution in [-0.2, 0) is 0 Å². The minimum absolute atomic E-state index is 0.855. The van der Waals surface area contributed by atoms with E-state index in [-0.39, 0.29) is 0 Å². The van der Waals surface area contributed by atoms with Gasteiger partial charge in [0.15, 0.2) is 0 Å². The number of rotatable bonds is 0. The summed E-state index contributed by atoms with van der Waals surface area (Å²) in [6, 6.07) is 3.87. The molecule has 0 amide bonds. The second kappa shape index (κ2) is 2.57. The summed E-state index contributed by atoms with van der Waals surface area (Å²) in [6.45, 7) is 0. The van der Waals surface area contributed by atoms with E-state index in [0.717, 1.165) is 20.0 Å². The number of benzene rings is 1. The zero-order valence-electron chi connectivity index (χ0n) is 5.31. The third-order valence-corrected chi connectivity index (χ3v) is 2.41. The maximum Gasteiger partial charge on any atom is 0.127 e. The fraction of sp³-hybridized carbons (Fsp3) is 0. The molecule has 1 aromatic carbocycles. The molecule has 0 aliphatic carbocycles. The van der Waals surface area contributed by atoms with Crippen LogP contribution in [0.25, 0.3) is 11.0 Å². The van der Waals surface area contributed by atoms with Gasteiger partial charge in [-0.3, -0.25) is 5.10 Å². The van der Waals surface area contributed by atoms with Gasteiger partial charge in [-0.1, -0.05) is 21.1 Å². The molecule has 0 saturated heterocycles. The Morgan fingerprint density at radius 3 is 2.91 bits per heavy atom. The highest BCUT2D eigenvalue weighted by atomic mass is 79.9. The van der Waals surface area contributed by atoms with Gasteiger partial charge in [-0.15, -0.1) is 5.10 Å². The maximum absolute atomic E-state index is 3.89. The molecular formula is C6H3Br2N3. The summed E-state index contributed by atoms with van der Waals surface area (Å²) in [4.78, 5) is 0. The molecule has 1 N–H and O–H groups in total. The van der Waals surface area contributed by atoms with Crippen LogP contribution in [-0.4, -0.2) is 15.4 Å². The first-order chi connectivity index (χ1) is 5.27. The molecule has 5 heteroatoms. The van der Waals surface area contributed by atoms with Crippen LogP contribution >= 0.6 is 31.9 Å². The van der Waals surface area contributed by atoms with Crippen molar-refractivity contribution in [2.75, 3.05) is 0 Å². The molecule has 2 aromatic rings. The van der Waals surface area contributed by atoms with Gasteiger partial charge in [0.2, 0.25) is 0 Å². The lowest BCUT2D eigenvalue weighted by molar-refractivity contribution is 0.959. The van der Waals surface area contributed by atoms with Gasteiger partial charge in [-0.05, 0) is 28.1 Å². The summed E-state index contributed by atoms with van der Waals surface area (Å²) in [5.74, 6) is 0. The minimum atomic E-state index is 0.855. The lowest BCUT2D eigenvalue weighted by atomic mass is 10.3. The summed E-state index contributed by atoms with van der Waals surface area (Å²) >= 11 is 6.74. The molecule has 0 unspecified atom stereocenters. The van der Waals surface area contributed by atoms with Gasteiger partial charge in [-0.2, -0.15) is 0 Å². The first kappa shape index (κ1) is 7.24. The lowest BCUT2D eigenvalue weighted by Crippen LogP contribution is -1.72. The summed E-state index contributed by atoms with van der Waals surface area (Å²) in [6.07, 6.45) is 0. The van der Waals surface area contributed by atoms with Gasteiger partial charge in [0.25, 0.3) is 0 Å². The highest BCUT2D eigenvalue weighted by Crippen LogP contribution is 2.24. The number of hydrogen-bond donors (Lipinski definition) is 1. The van der Waals surface area contributed by atoms with Crippen molar-refractivity contribution in [1.82, 2.24) is 15.4 Å². The van der Waals surface area contributed by atoms with Crippen LogP contribution in [0.3, 0.4) is 0 Å². The van der Waals surface area contributed by atoms with E-state index in [2.05, 4.69) is 47.3 Å². The van der Waals surface area contributed by atoms with Crippen LogP contribution in [0.1, 0.15) is 0 Å². The number of aromatic amines is 1. The first-order valence-corrected chi connectivity index (χ1v) is 4.52. The van der Waals surface area contributed by atoms with Crippen LogP contribution in [0.4, 0.5) is 0 Å². The van der Waals surface area contributed by atoms with Crippen molar-refractivity contribution >= 4 is 42.9 Å². The van der Waals surface area contributed by atoms with E-state index in [4.69, 9.17) is 0 Å². The quantitative estimate of drug-likeness (QED) is 0.803. The molecule has 11 heavy (non-hydrogen) atoms. The summed E-state index contributed by atoms with van der Waals surface area (Å²) < 4.78 is 1.94. The molecule has 0 fully saturated rings. The molecule has 0 aliphatic rings. The molecule has 0 radical (unpaired) electrons. The number of nitrogens with one attached hydrogen (secondary N) is 1. The maximum atomic E-state index is 3.89. The smallest absolute Gasteiger partial charge is 0.127 e. The molecule has 1 heterocycles. The van der Waals surface area contributed by atoms with Crippen molar-refractivity contribution in [3.63, 3.8) is 0 Å². The molecule has 0 aliphatic heterocycles. The number of H-pyrrole nitrogens is 1. The summed E-state index contributed by atoms with van der Waals surface area (Å²) in [5.41, 5.74) is 1.78. The molecule has 0 spiro atoms. The second-order valence-corrected chi connectivity index (χ2v) is 3.87. The Bertz CT molecular complexity index is 396. The molecule has 0 bridgehead atoms. The molecule has 56 valence electrons. The van der Waals surface area contributed by atoms with E-state index < -0.39 is 0 Å². The van der Waals surface area contributed by atoms with Crippen molar-refractivity contribution in [3.8, 4) is 0 Å². The number of nitrogens with zero attached hydrogens (tertiary/aromatic N) is 2. The third-order valence-electron chi connectivity index (χ3n) is 1.35. The number of aromatic nitrogens is 3. The van der Waals surface area contributed by atoms with E-state index in [1.165, 1.54) is 0 Å². The monoisotopic (exact) mass is 275 g/mol. The Balaban J connectivity index is 2.91. The van der Waals surface area contributed by atoms with Gasteiger partial charge < -0.3 is 0 Å². The van der Waals surface area contributed by atoms with Crippen molar-refractivity contribution < 1.29 is 0 Å². The average Bonchev–Trinajstić information content (AvgIpc) is 2.34. The molecule has 0 atom stereocenters. The molecular weight excluding hydrogens is 274 g/mol. The number of hydrogen-bond acceptors (Lipinski definition) is 2. The van der Waals surface area contributed by atoms with E-state index in [1.807, 2.05) is 12.1 Å². The fourth-order valence-corrected chi connectivity index (χ4v) is 2.19. The Morgan fingerprint density at radius 1 is 1.27 bits per heavy atom. The fourth-order valence-electron chi connectivity index (χ4n) is 0.882. The van der Waals surface area contributed by atoms with Crippen LogP contribution in [0.2, 0.25) is 0 Å². The van der Waals surface area contributed by atoms with Gasteiger partial charge >= 0.3 is 0 Å². The Morgan fingerprint density at radius 2 is 2.09 bits per heavy atom. The van der Waals surface area contributed by atoms with Gasteiger partial charge in [0, 0.05) is 8.95 Å². The third kappa shape index (κ3) is 1.18. The summed E-state index contributed by atoms with van der Waals surface area (Å²) in [5, 5.41) is 10.3. The predicted octanol–water partition coefficient (Wildman–Crippen LogP) is 2.48. The zero-order valence-corrected chi connectivity index (χ0v) is 8.48. The van der Waals surface area contributed by atoms with E-state index in [1.54, 1.807) is 0 Å². The van der Waals surface area contributed by atoms with E-state index in [0.29, 0.717) is 0 Å². The Kier molecular flexibility index (Phi) is 1.69. The van der Waals surface area contributed by atoms with E-state index in [9.17, 15) is 0 Å². The number of fused-ring (bicyclic) bond motifs is 1. The second-order valence-electron chi connectivity index (χ2n) is 2.10. The standard InChI is InChI=1S/C6H3Br2N3/c7-3-1-4(8)6-5(2-3)9-11-10-6/h1-2H,(H,9,10,11). The largest absolute Gasteiger partial charge is 0.257 e. The first-order valence-electron chi connectivity index (χ1n) is 2.93.